The van der Waals surface area contributed by atoms with Crippen molar-refractivity contribution in [1.29, 1.82) is 0 Å². The van der Waals surface area contributed by atoms with Crippen LogP contribution < -0.4 is 10.6 Å². The summed E-state index contributed by atoms with van der Waals surface area (Å²) in [5.41, 5.74) is 2.62. The highest BCUT2D eigenvalue weighted by atomic mass is 16.5. The smallest absolute Gasteiger partial charge is 0.0594 e. The number of nitrogens with zero attached hydrogens (tertiary/aromatic N) is 2. The molecule has 2 N–H and O–H groups in total. The molecule has 0 radical (unpaired) electrons. The lowest BCUT2D eigenvalue weighted by molar-refractivity contribution is 0.0640. The van der Waals surface area contributed by atoms with Gasteiger partial charge in [-0.3, -0.25) is 9.80 Å². The van der Waals surface area contributed by atoms with Crippen molar-refractivity contribution in [1.82, 2.24) is 20.4 Å². The van der Waals surface area contributed by atoms with Crippen LogP contribution in [-0.2, 0) is 32.0 Å². The Hall–Kier alpha value is -1.88. The van der Waals surface area contributed by atoms with Crippen LogP contribution in [0.3, 0.4) is 0 Å². The van der Waals surface area contributed by atoms with E-state index in [0.717, 1.165) is 65.4 Å². The molecule has 8 nitrogen and oxygen atoms in total. The van der Waals surface area contributed by atoms with E-state index >= 15 is 0 Å². The minimum atomic E-state index is 0.701. The molecule has 1 heterocycles. The molecule has 38 heavy (non-hydrogen) atoms. The minimum Gasteiger partial charge on any atom is -0.379 e. The Bertz CT molecular complexity index is 708. The number of ether oxygens (including phenoxy) is 4. The van der Waals surface area contributed by atoms with Crippen LogP contribution >= 0.6 is 0 Å². The van der Waals surface area contributed by atoms with Gasteiger partial charge in [0.1, 0.15) is 0 Å². The van der Waals surface area contributed by atoms with E-state index in [4.69, 9.17) is 18.9 Å². The molecule has 0 amide bonds. The molecule has 212 valence electrons. The molecule has 2 aromatic carbocycles. The lowest BCUT2D eigenvalue weighted by Crippen LogP contribution is -2.33. The molecular formula is C30H48N4O4. The first-order valence-electron chi connectivity index (χ1n) is 14.1. The maximum absolute atomic E-state index is 5.90. The van der Waals surface area contributed by atoms with Crippen LogP contribution in [0.4, 0.5) is 0 Å². The molecule has 0 aliphatic carbocycles. The van der Waals surface area contributed by atoms with Crippen molar-refractivity contribution in [2.24, 2.45) is 0 Å². The Labute approximate surface area is 229 Å². The molecular weight excluding hydrogens is 480 g/mol. The van der Waals surface area contributed by atoms with Crippen LogP contribution in [0.15, 0.2) is 60.7 Å². The first-order valence-corrected chi connectivity index (χ1v) is 14.1. The van der Waals surface area contributed by atoms with Crippen molar-refractivity contribution in [3.05, 3.63) is 71.8 Å². The van der Waals surface area contributed by atoms with Gasteiger partial charge in [-0.2, -0.15) is 0 Å². The van der Waals surface area contributed by atoms with Crippen molar-refractivity contribution >= 4 is 0 Å². The van der Waals surface area contributed by atoms with Crippen LogP contribution in [0, 0.1) is 0 Å². The average molecular weight is 529 g/mol. The van der Waals surface area contributed by atoms with Gasteiger partial charge in [-0.05, 0) is 11.1 Å². The van der Waals surface area contributed by atoms with Gasteiger partial charge < -0.3 is 29.6 Å². The predicted octanol–water partition coefficient (Wildman–Crippen LogP) is 2.25. The minimum absolute atomic E-state index is 0.701. The summed E-state index contributed by atoms with van der Waals surface area (Å²) in [6.07, 6.45) is 0. The Morgan fingerprint density at radius 2 is 0.763 bits per heavy atom. The average Bonchev–Trinajstić information content (AvgIpc) is 2.94. The molecule has 0 unspecified atom stereocenters. The number of nitrogens with one attached hydrogen (secondary N) is 2. The molecule has 1 aliphatic rings. The second-order valence-electron chi connectivity index (χ2n) is 9.47. The highest BCUT2D eigenvalue weighted by Gasteiger charge is 2.08. The monoisotopic (exact) mass is 528 g/mol. The number of hydrogen-bond acceptors (Lipinski definition) is 8. The fourth-order valence-electron chi connectivity index (χ4n) is 4.23. The van der Waals surface area contributed by atoms with Crippen LogP contribution in [0.5, 0.6) is 0 Å². The summed E-state index contributed by atoms with van der Waals surface area (Å²) in [7, 11) is 0. The van der Waals surface area contributed by atoms with Crippen LogP contribution in [0.2, 0.25) is 0 Å². The summed E-state index contributed by atoms with van der Waals surface area (Å²) in [6.45, 7) is 14.3. The Kier molecular flexibility index (Phi) is 16.9. The van der Waals surface area contributed by atoms with Gasteiger partial charge in [0.05, 0.1) is 52.9 Å². The first-order chi connectivity index (χ1) is 18.9. The summed E-state index contributed by atoms with van der Waals surface area (Å²) < 4.78 is 23.6. The van der Waals surface area contributed by atoms with Crippen LogP contribution in [0.25, 0.3) is 0 Å². The van der Waals surface area contributed by atoms with E-state index in [1.54, 1.807) is 0 Å². The number of rotatable bonds is 4. The van der Waals surface area contributed by atoms with Gasteiger partial charge in [-0.15, -0.1) is 0 Å². The highest BCUT2D eigenvalue weighted by Crippen LogP contribution is 2.05. The second kappa shape index (κ2) is 21.0. The molecule has 1 aliphatic heterocycles. The zero-order chi connectivity index (χ0) is 26.4. The topological polar surface area (TPSA) is 67.5 Å². The largest absolute Gasteiger partial charge is 0.379 e. The van der Waals surface area contributed by atoms with Gasteiger partial charge >= 0.3 is 0 Å². The molecule has 0 saturated carbocycles. The van der Waals surface area contributed by atoms with E-state index in [0.29, 0.717) is 52.9 Å². The number of benzene rings is 2. The summed E-state index contributed by atoms with van der Waals surface area (Å²) in [6, 6.07) is 21.2. The van der Waals surface area contributed by atoms with Crippen molar-refractivity contribution in [3.8, 4) is 0 Å². The molecule has 0 spiro atoms. The molecule has 0 bridgehead atoms. The second-order valence-corrected chi connectivity index (χ2v) is 9.47. The molecule has 8 heteroatoms. The van der Waals surface area contributed by atoms with Crippen molar-refractivity contribution in [3.63, 3.8) is 0 Å². The lowest BCUT2D eigenvalue weighted by atomic mass is 10.2. The molecule has 0 aromatic heterocycles. The SMILES string of the molecule is c1ccc(CN2CCOCCNCCOCCN(Cc3ccccc3)CCOCCNCCOCC2)cc1. The Morgan fingerprint density at radius 1 is 0.447 bits per heavy atom. The maximum atomic E-state index is 5.90. The Balaban J connectivity index is 1.39. The zero-order valence-corrected chi connectivity index (χ0v) is 23.0. The molecule has 1 fully saturated rings. The van der Waals surface area contributed by atoms with Gasteiger partial charge in [0.25, 0.3) is 0 Å². The standard InChI is InChI=1S/C30H48N4O4/c1-3-7-29(8-4-1)27-33-15-23-35-19-11-31-13-21-37-25-17-34(28-30-9-5-2-6-10-30)18-26-38-22-14-32-12-20-36-24-16-33/h1-10,31-32H,11-28H2. The van der Waals surface area contributed by atoms with Gasteiger partial charge in [-0.25, -0.2) is 0 Å². The van der Waals surface area contributed by atoms with Gasteiger partial charge in [0.2, 0.25) is 0 Å². The summed E-state index contributed by atoms with van der Waals surface area (Å²) in [5.74, 6) is 0. The fourth-order valence-corrected chi connectivity index (χ4v) is 4.23. The predicted molar refractivity (Wildman–Crippen MR) is 152 cm³/mol. The zero-order valence-electron chi connectivity index (χ0n) is 23.0. The summed E-state index contributed by atoms with van der Waals surface area (Å²) in [4.78, 5) is 4.80. The molecule has 0 atom stereocenters. The molecule has 1 saturated heterocycles. The fraction of sp³-hybridized carbons (Fsp3) is 0.600. The van der Waals surface area contributed by atoms with E-state index in [1.807, 2.05) is 0 Å². The quantitative estimate of drug-likeness (QED) is 0.627. The van der Waals surface area contributed by atoms with E-state index in [9.17, 15) is 0 Å². The van der Waals surface area contributed by atoms with Crippen LogP contribution in [0.1, 0.15) is 11.1 Å². The van der Waals surface area contributed by atoms with E-state index in [-0.39, 0.29) is 0 Å². The third-order valence-corrected chi connectivity index (χ3v) is 6.40. The third-order valence-electron chi connectivity index (χ3n) is 6.40. The van der Waals surface area contributed by atoms with Gasteiger partial charge in [0, 0.05) is 65.4 Å². The van der Waals surface area contributed by atoms with Crippen LogP contribution in [-0.4, -0.2) is 115 Å². The summed E-state index contributed by atoms with van der Waals surface area (Å²) in [5, 5.41) is 6.83. The normalized spacial score (nSPS) is 20.4. The van der Waals surface area contributed by atoms with E-state index in [2.05, 4.69) is 81.1 Å². The first kappa shape index (κ1) is 30.7. The highest BCUT2D eigenvalue weighted by molar-refractivity contribution is 5.15. The number of hydrogen-bond donors (Lipinski definition) is 2. The van der Waals surface area contributed by atoms with Crippen molar-refractivity contribution < 1.29 is 18.9 Å². The third kappa shape index (κ3) is 14.9. The lowest BCUT2D eigenvalue weighted by Gasteiger charge is -2.23. The van der Waals surface area contributed by atoms with Gasteiger partial charge in [0.15, 0.2) is 0 Å². The maximum Gasteiger partial charge on any atom is 0.0594 e. The summed E-state index contributed by atoms with van der Waals surface area (Å²) >= 11 is 0. The van der Waals surface area contributed by atoms with Crippen molar-refractivity contribution in [2.45, 2.75) is 13.1 Å². The molecule has 2 aromatic rings. The van der Waals surface area contributed by atoms with Gasteiger partial charge in [-0.1, -0.05) is 60.7 Å². The Morgan fingerprint density at radius 3 is 1.08 bits per heavy atom. The van der Waals surface area contributed by atoms with E-state index < -0.39 is 0 Å². The van der Waals surface area contributed by atoms with E-state index in [1.165, 1.54) is 11.1 Å². The molecule has 3 rings (SSSR count). The van der Waals surface area contributed by atoms with Crippen molar-refractivity contribution in [2.75, 3.05) is 105 Å².